The third-order valence-corrected chi connectivity index (χ3v) is 9.13. The monoisotopic (exact) mass is 409 g/mol. The van der Waals surface area contributed by atoms with Gasteiger partial charge >= 0.3 is 0 Å². The molecule has 0 aromatic heterocycles. The standard InChI is InChI=1S/C20H27NO6S/c1-19(2)10-6-7-20(3,27-5)12(10)17(26-4)11-13(19)16(23)14-18(15(11)22)28(24,25)9-8-21-14/h10,12,17,21H,6-9H2,1-5H3/t10-,12-,17-,20-/m1/s1. The molecule has 0 unspecified atom stereocenters. The summed E-state index contributed by atoms with van der Waals surface area (Å²) in [5.74, 6) is -1.24. The average Bonchev–Trinajstić information content (AvgIpc) is 2.98. The van der Waals surface area contributed by atoms with Crippen molar-refractivity contribution < 1.29 is 27.5 Å². The summed E-state index contributed by atoms with van der Waals surface area (Å²) in [7, 11) is -0.659. The fourth-order valence-electron chi connectivity index (χ4n) is 5.90. The predicted octanol–water partition coefficient (Wildman–Crippen LogP) is 1.15. The predicted molar refractivity (Wildman–Crippen MR) is 102 cm³/mol. The number of methoxy groups -OCH3 is 2. The summed E-state index contributed by atoms with van der Waals surface area (Å²) < 4.78 is 36.9. The molecule has 0 amide bonds. The molecule has 1 fully saturated rings. The molecule has 1 aliphatic heterocycles. The summed E-state index contributed by atoms with van der Waals surface area (Å²) in [6.45, 7) is 6.08. The molecule has 1 saturated carbocycles. The van der Waals surface area contributed by atoms with E-state index in [2.05, 4.69) is 5.32 Å². The maximum atomic E-state index is 13.5. The number of carbonyl (C=O) groups excluding carboxylic acids is 2. The first kappa shape index (κ1) is 19.8. The van der Waals surface area contributed by atoms with Gasteiger partial charge in [0.05, 0.1) is 17.5 Å². The van der Waals surface area contributed by atoms with Gasteiger partial charge in [-0.1, -0.05) is 13.8 Å². The first-order valence-corrected chi connectivity index (χ1v) is 11.3. The Kier molecular flexibility index (Phi) is 4.24. The first-order valence-electron chi connectivity index (χ1n) is 9.64. The van der Waals surface area contributed by atoms with E-state index >= 15 is 0 Å². The number of sulfone groups is 1. The maximum absolute atomic E-state index is 13.5. The SMILES string of the molecule is CO[C@@H]1C2=C(C(=O)C3=C(C2=O)S(=O)(=O)CCN3)C(C)(C)[C@@H]2CC[C@@](C)(OC)[C@@H]12. The molecule has 4 atom stereocenters. The van der Waals surface area contributed by atoms with E-state index in [1.807, 2.05) is 20.8 Å². The second-order valence-electron chi connectivity index (χ2n) is 8.96. The van der Waals surface area contributed by atoms with Gasteiger partial charge in [-0.2, -0.15) is 0 Å². The summed E-state index contributed by atoms with van der Waals surface area (Å²) in [6, 6.07) is 0. The van der Waals surface area contributed by atoms with Gasteiger partial charge < -0.3 is 14.8 Å². The zero-order valence-electron chi connectivity index (χ0n) is 16.9. The van der Waals surface area contributed by atoms with Crippen LogP contribution >= 0.6 is 0 Å². The van der Waals surface area contributed by atoms with Gasteiger partial charge in [0.1, 0.15) is 10.6 Å². The largest absolute Gasteiger partial charge is 0.380 e. The van der Waals surface area contributed by atoms with E-state index in [9.17, 15) is 18.0 Å². The zero-order chi connectivity index (χ0) is 20.6. The van der Waals surface area contributed by atoms with Gasteiger partial charge in [-0.15, -0.1) is 0 Å². The fourth-order valence-corrected chi connectivity index (χ4v) is 7.35. The lowest BCUT2D eigenvalue weighted by atomic mass is 9.56. The molecule has 1 heterocycles. The van der Waals surface area contributed by atoms with Gasteiger partial charge in [0.15, 0.2) is 9.84 Å². The van der Waals surface area contributed by atoms with Gasteiger partial charge in [-0.05, 0) is 31.1 Å². The molecule has 8 heteroatoms. The Morgan fingerprint density at radius 3 is 2.39 bits per heavy atom. The van der Waals surface area contributed by atoms with Crippen molar-refractivity contribution in [1.29, 1.82) is 0 Å². The molecule has 0 bridgehead atoms. The van der Waals surface area contributed by atoms with Crippen molar-refractivity contribution in [2.45, 2.75) is 45.3 Å². The number of rotatable bonds is 2. The number of ether oxygens (including phenoxy) is 2. The summed E-state index contributed by atoms with van der Waals surface area (Å²) in [4.78, 5) is 26.5. The van der Waals surface area contributed by atoms with Crippen molar-refractivity contribution in [3.05, 3.63) is 21.7 Å². The van der Waals surface area contributed by atoms with Crippen LogP contribution in [0.4, 0.5) is 0 Å². The Morgan fingerprint density at radius 1 is 1.11 bits per heavy atom. The quantitative estimate of drug-likeness (QED) is 0.683. The Bertz CT molecular complexity index is 944. The minimum absolute atomic E-state index is 0.0659. The number of nitrogens with one attached hydrogen (secondary N) is 1. The van der Waals surface area contributed by atoms with E-state index in [0.29, 0.717) is 5.57 Å². The van der Waals surface area contributed by atoms with E-state index in [4.69, 9.17) is 9.47 Å². The normalized spacial score (nSPS) is 38.7. The van der Waals surface area contributed by atoms with Gasteiger partial charge in [0.25, 0.3) is 0 Å². The number of fused-ring (bicyclic) bond motifs is 1. The number of allylic oxidation sites excluding steroid dienone is 2. The van der Waals surface area contributed by atoms with Gasteiger partial charge in [-0.3, -0.25) is 9.59 Å². The van der Waals surface area contributed by atoms with Crippen LogP contribution in [0, 0.1) is 17.3 Å². The molecule has 3 aliphatic carbocycles. The van der Waals surface area contributed by atoms with Gasteiger partial charge in [0.2, 0.25) is 11.6 Å². The van der Waals surface area contributed by atoms with Gasteiger partial charge in [-0.25, -0.2) is 8.42 Å². The first-order chi connectivity index (χ1) is 13.0. The summed E-state index contributed by atoms with van der Waals surface area (Å²) in [5.41, 5.74) is -0.574. The van der Waals surface area contributed by atoms with Crippen molar-refractivity contribution in [2.75, 3.05) is 26.5 Å². The second kappa shape index (κ2) is 6.00. The third kappa shape index (κ3) is 2.31. The molecule has 4 aliphatic rings. The highest BCUT2D eigenvalue weighted by Crippen LogP contribution is 2.60. The molecular formula is C20H27NO6S. The lowest BCUT2D eigenvalue weighted by molar-refractivity contribution is -0.126. The number of ketones is 2. The van der Waals surface area contributed by atoms with E-state index < -0.39 is 37.6 Å². The van der Waals surface area contributed by atoms with E-state index in [-0.39, 0.29) is 41.2 Å². The topological polar surface area (TPSA) is 98.8 Å². The van der Waals surface area contributed by atoms with Crippen LogP contribution in [0.1, 0.15) is 33.6 Å². The zero-order valence-corrected chi connectivity index (χ0v) is 17.7. The molecule has 1 N–H and O–H groups in total. The van der Waals surface area contributed by atoms with E-state index in [0.717, 1.165) is 12.8 Å². The Hall–Kier alpha value is -1.51. The number of hydrogen-bond donors (Lipinski definition) is 1. The maximum Gasteiger partial charge on any atom is 0.207 e. The van der Waals surface area contributed by atoms with Crippen LogP contribution in [-0.4, -0.2) is 58.2 Å². The average molecular weight is 410 g/mol. The number of Topliss-reactive ketones (excluding diaryl/α,β-unsaturated/α-hetero) is 2. The fraction of sp³-hybridized carbons (Fsp3) is 0.700. The van der Waals surface area contributed by atoms with Crippen LogP contribution in [0.25, 0.3) is 0 Å². The Morgan fingerprint density at radius 2 is 1.79 bits per heavy atom. The Labute approximate surface area is 165 Å². The summed E-state index contributed by atoms with van der Waals surface area (Å²) in [5, 5.41) is 2.88. The summed E-state index contributed by atoms with van der Waals surface area (Å²) in [6.07, 6.45) is 0.954. The minimum atomic E-state index is -3.82. The van der Waals surface area contributed by atoms with Crippen LogP contribution in [0.2, 0.25) is 0 Å². The molecule has 0 saturated heterocycles. The highest BCUT2D eigenvalue weighted by Gasteiger charge is 2.63. The molecule has 0 spiro atoms. The van der Waals surface area contributed by atoms with Crippen molar-refractivity contribution in [2.24, 2.45) is 17.3 Å². The van der Waals surface area contributed by atoms with Crippen molar-refractivity contribution in [3.63, 3.8) is 0 Å². The van der Waals surface area contributed by atoms with Crippen molar-refractivity contribution in [1.82, 2.24) is 5.32 Å². The number of carbonyl (C=O) groups is 2. The molecule has 154 valence electrons. The van der Waals surface area contributed by atoms with Crippen molar-refractivity contribution >= 4 is 21.4 Å². The third-order valence-electron chi connectivity index (χ3n) is 7.38. The van der Waals surface area contributed by atoms with E-state index in [1.54, 1.807) is 7.11 Å². The van der Waals surface area contributed by atoms with Crippen LogP contribution < -0.4 is 5.32 Å². The highest BCUT2D eigenvalue weighted by molar-refractivity contribution is 7.96. The van der Waals surface area contributed by atoms with Crippen LogP contribution in [0.15, 0.2) is 21.7 Å². The summed E-state index contributed by atoms with van der Waals surface area (Å²) >= 11 is 0. The minimum Gasteiger partial charge on any atom is -0.380 e. The molecule has 0 aromatic carbocycles. The Balaban J connectivity index is 1.98. The molecule has 28 heavy (non-hydrogen) atoms. The second-order valence-corrected chi connectivity index (χ2v) is 11.0. The highest BCUT2D eigenvalue weighted by atomic mass is 32.2. The molecule has 4 rings (SSSR count). The molecule has 7 nitrogen and oxygen atoms in total. The van der Waals surface area contributed by atoms with Crippen LogP contribution in [0.3, 0.4) is 0 Å². The van der Waals surface area contributed by atoms with Crippen LogP contribution in [-0.2, 0) is 28.9 Å². The lowest BCUT2D eigenvalue weighted by Gasteiger charge is -2.51. The van der Waals surface area contributed by atoms with Gasteiger partial charge in [0, 0.05) is 37.8 Å². The van der Waals surface area contributed by atoms with E-state index in [1.165, 1.54) is 7.11 Å². The molecular weight excluding hydrogens is 382 g/mol. The lowest BCUT2D eigenvalue weighted by Crippen LogP contribution is -2.56. The molecule has 0 aromatic rings. The van der Waals surface area contributed by atoms with Crippen molar-refractivity contribution in [3.8, 4) is 0 Å². The number of hydrogen-bond acceptors (Lipinski definition) is 7. The smallest absolute Gasteiger partial charge is 0.207 e. The molecule has 0 radical (unpaired) electrons. The van der Waals surface area contributed by atoms with Crippen LogP contribution in [0.5, 0.6) is 0 Å².